The number of hydrogen-bond donors (Lipinski definition) is 1. The number of rotatable bonds is 7. The number of sulfonamides is 1. The van der Waals surface area contributed by atoms with Crippen molar-refractivity contribution in [3.63, 3.8) is 0 Å². The van der Waals surface area contributed by atoms with Gasteiger partial charge in [-0.2, -0.15) is 0 Å². The van der Waals surface area contributed by atoms with E-state index in [0.29, 0.717) is 19.6 Å². The summed E-state index contributed by atoms with van der Waals surface area (Å²) in [7, 11) is -0.984. The lowest BCUT2D eigenvalue weighted by atomic mass is 10.3. The van der Waals surface area contributed by atoms with Crippen molar-refractivity contribution < 1.29 is 8.42 Å². The molecule has 0 atom stereocenters. The van der Waals surface area contributed by atoms with Gasteiger partial charge < -0.3 is 10.2 Å². The molecule has 118 valence electrons. The molecule has 0 aromatic heterocycles. The van der Waals surface area contributed by atoms with Gasteiger partial charge in [0.2, 0.25) is 10.0 Å². The lowest BCUT2D eigenvalue weighted by molar-refractivity contribution is 0.443. The van der Waals surface area contributed by atoms with Gasteiger partial charge in [-0.1, -0.05) is 13.3 Å². The summed E-state index contributed by atoms with van der Waals surface area (Å²) in [4.78, 5) is 6.62. The highest BCUT2D eigenvalue weighted by Crippen LogP contribution is 2.12. The van der Waals surface area contributed by atoms with Crippen LogP contribution in [0.3, 0.4) is 0 Å². The molecule has 0 aliphatic carbocycles. The maximum Gasteiger partial charge on any atom is 0.214 e. The van der Waals surface area contributed by atoms with Crippen molar-refractivity contribution in [2.75, 3.05) is 45.5 Å². The van der Waals surface area contributed by atoms with Gasteiger partial charge in [0.15, 0.2) is 5.96 Å². The Kier molecular flexibility index (Phi) is 7.29. The molecule has 1 aliphatic heterocycles. The van der Waals surface area contributed by atoms with Crippen LogP contribution in [0.5, 0.6) is 0 Å². The van der Waals surface area contributed by atoms with Crippen LogP contribution in [-0.4, -0.2) is 69.1 Å². The summed E-state index contributed by atoms with van der Waals surface area (Å²) in [6, 6.07) is 0. The second kappa shape index (κ2) is 8.46. The number of unbranched alkanes of at least 4 members (excludes halogenated alkanes) is 1. The molecule has 20 heavy (non-hydrogen) atoms. The molecule has 0 saturated carbocycles. The Morgan fingerprint density at radius 2 is 2.15 bits per heavy atom. The van der Waals surface area contributed by atoms with E-state index in [2.05, 4.69) is 22.1 Å². The zero-order valence-electron chi connectivity index (χ0n) is 12.9. The minimum Gasteiger partial charge on any atom is -0.357 e. The first-order valence-corrected chi connectivity index (χ1v) is 9.09. The van der Waals surface area contributed by atoms with E-state index in [4.69, 9.17) is 0 Å². The molecular formula is C13H28N4O2S. The van der Waals surface area contributed by atoms with E-state index < -0.39 is 10.0 Å². The molecule has 0 radical (unpaired) electrons. The quantitative estimate of drug-likeness (QED) is 0.556. The predicted molar refractivity (Wildman–Crippen MR) is 83.5 cm³/mol. The highest BCUT2D eigenvalue weighted by Gasteiger charge is 2.27. The largest absolute Gasteiger partial charge is 0.357 e. The molecule has 6 nitrogen and oxygen atoms in total. The van der Waals surface area contributed by atoms with Crippen LogP contribution in [0.25, 0.3) is 0 Å². The number of aliphatic imine (C=N–C) groups is 1. The molecule has 1 fully saturated rings. The van der Waals surface area contributed by atoms with Crippen LogP contribution in [0.1, 0.15) is 33.1 Å². The molecule has 0 amide bonds. The molecular weight excluding hydrogens is 276 g/mol. The van der Waals surface area contributed by atoms with Gasteiger partial charge in [-0.05, 0) is 19.8 Å². The number of nitrogens with one attached hydrogen (secondary N) is 1. The van der Waals surface area contributed by atoms with Crippen LogP contribution in [0.2, 0.25) is 0 Å². The molecule has 0 bridgehead atoms. The SMILES string of the molecule is CCCCN(C)C(=NCCN1CCCS1(=O)=O)NCC. The molecule has 0 spiro atoms. The Balaban J connectivity index is 2.50. The molecule has 1 N–H and O–H groups in total. The molecule has 1 aliphatic rings. The summed E-state index contributed by atoms with van der Waals surface area (Å²) in [5, 5.41) is 3.25. The highest BCUT2D eigenvalue weighted by molar-refractivity contribution is 7.89. The summed E-state index contributed by atoms with van der Waals surface area (Å²) in [5.41, 5.74) is 0. The average molecular weight is 304 g/mol. The fourth-order valence-electron chi connectivity index (χ4n) is 2.18. The van der Waals surface area contributed by atoms with Gasteiger partial charge in [-0.15, -0.1) is 0 Å². The zero-order valence-corrected chi connectivity index (χ0v) is 13.7. The van der Waals surface area contributed by atoms with Gasteiger partial charge in [0, 0.05) is 33.2 Å². The first-order valence-electron chi connectivity index (χ1n) is 7.48. The third kappa shape index (κ3) is 5.28. The molecule has 0 aromatic rings. The maximum absolute atomic E-state index is 11.7. The fraction of sp³-hybridized carbons (Fsp3) is 0.923. The van der Waals surface area contributed by atoms with E-state index in [0.717, 1.165) is 38.3 Å². The van der Waals surface area contributed by atoms with E-state index in [9.17, 15) is 8.42 Å². The summed E-state index contributed by atoms with van der Waals surface area (Å²) < 4.78 is 24.9. The van der Waals surface area contributed by atoms with Crippen LogP contribution in [-0.2, 0) is 10.0 Å². The molecule has 1 rings (SSSR count). The smallest absolute Gasteiger partial charge is 0.214 e. The Morgan fingerprint density at radius 1 is 1.40 bits per heavy atom. The van der Waals surface area contributed by atoms with Crippen molar-refractivity contribution in [2.45, 2.75) is 33.1 Å². The van der Waals surface area contributed by atoms with E-state index in [-0.39, 0.29) is 5.75 Å². The van der Waals surface area contributed by atoms with Gasteiger partial charge >= 0.3 is 0 Å². The lowest BCUT2D eigenvalue weighted by Gasteiger charge is -2.22. The third-order valence-electron chi connectivity index (χ3n) is 3.36. The summed E-state index contributed by atoms with van der Waals surface area (Å²) in [6.45, 7) is 7.61. The highest BCUT2D eigenvalue weighted by atomic mass is 32.2. The number of guanidine groups is 1. The molecule has 0 aromatic carbocycles. The third-order valence-corrected chi connectivity index (χ3v) is 5.31. The molecule has 1 heterocycles. The summed E-state index contributed by atoms with van der Waals surface area (Å²) in [5.74, 6) is 1.14. The van der Waals surface area contributed by atoms with Crippen molar-refractivity contribution in [1.29, 1.82) is 0 Å². The second-order valence-corrected chi connectivity index (χ2v) is 7.17. The normalized spacial score (nSPS) is 19.2. The van der Waals surface area contributed by atoms with Gasteiger partial charge in [-0.3, -0.25) is 4.99 Å². The summed E-state index contributed by atoms with van der Waals surface area (Å²) in [6.07, 6.45) is 3.01. The van der Waals surface area contributed by atoms with Gasteiger partial charge in [0.25, 0.3) is 0 Å². The molecule has 0 unspecified atom stereocenters. The first-order chi connectivity index (χ1) is 9.51. The van der Waals surface area contributed by atoms with Gasteiger partial charge in [-0.25, -0.2) is 12.7 Å². The second-order valence-electron chi connectivity index (χ2n) is 5.08. The predicted octanol–water partition coefficient (Wildman–Crippen LogP) is 0.719. The molecule has 7 heteroatoms. The van der Waals surface area contributed by atoms with Crippen molar-refractivity contribution in [3.05, 3.63) is 0 Å². The number of hydrogen-bond acceptors (Lipinski definition) is 3. The average Bonchev–Trinajstić information content (AvgIpc) is 2.74. The summed E-state index contributed by atoms with van der Waals surface area (Å²) >= 11 is 0. The Morgan fingerprint density at radius 3 is 2.70 bits per heavy atom. The van der Waals surface area contributed by atoms with Crippen LogP contribution in [0.15, 0.2) is 4.99 Å². The van der Waals surface area contributed by atoms with Crippen LogP contribution in [0, 0.1) is 0 Å². The van der Waals surface area contributed by atoms with Crippen molar-refractivity contribution in [1.82, 2.24) is 14.5 Å². The lowest BCUT2D eigenvalue weighted by Crippen LogP contribution is -2.40. The van der Waals surface area contributed by atoms with Crippen molar-refractivity contribution in [2.24, 2.45) is 4.99 Å². The zero-order chi connectivity index (χ0) is 15.0. The fourth-order valence-corrected chi connectivity index (χ4v) is 3.70. The van der Waals surface area contributed by atoms with Crippen LogP contribution in [0.4, 0.5) is 0 Å². The van der Waals surface area contributed by atoms with Gasteiger partial charge in [0.1, 0.15) is 0 Å². The minimum atomic E-state index is -3.00. The van der Waals surface area contributed by atoms with Crippen molar-refractivity contribution in [3.8, 4) is 0 Å². The van der Waals surface area contributed by atoms with E-state index in [1.54, 1.807) is 4.31 Å². The molecule has 1 saturated heterocycles. The van der Waals surface area contributed by atoms with Gasteiger partial charge in [0.05, 0.1) is 12.3 Å². The van der Waals surface area contributed by atoms with Crippen molar-refractivity contribution >= 4 is 16.0 Å². The Bertz CT molecular complexity index is 409. The Labute approximate surface area is 123 Å². The van der Waals surface area contributed by atoms with E-state index >= 15 is 0 Å². The monoisotopic (exact) mass is 304 g/mol. The topological polar surface area (TPSA) is 65.0 Å². The maximum atomic E-state index is 11.7. The Hall–Kier alpha value is -0.820. The number of nitrogens with zero attached hydrogens (tertiary/aromatic N) is 3. The minimum absolute atomic E-state index is 0.285. The van der Waals surface area contributed by atoms with E-state index in [1.807, 2.05) is 14.0 Å². The van der Waals surface area contributed by atoms with Crippen LogP contribution >= 0.6 is 0 Å². The standard InChI is InChI=1S/C13H28N4O2S/c1-4-6-9-16(3)13(14-5-2)15-8-11-17-10-7-12-20(17,18)19/h4-12H2,1-3H3,(H,14,15). The van der Waals surface area contributed by atoms with E-state index in [1.165, 1.54) is 0 Å². The first kappa shape index (κ1) is 17.2. The van der Waals surface area contributed by atoms with Crippen LogP contribution < -0.4 is 5.32 Å².